The van der Waals surface area contributed by atoms with Gasteiger partial charge in [0, 0.05) is 10.6 Å². The predicted octanol–water partition coefficient (Wildman–Crippen LogP) is 4.66. The number of hydrogen-bond donors (Lipinski definition) is 1. The van der Waals surface area contributed by atoms with E-state index in [0.29, 0.717) is 40.1 Å². The number of benzene rings is 2. The van der Waals surface area contributed by atoms with E-state index < -0.39 is 0 Å². The van der Waals surface area contributed by atoms with Crippen molar-refractivity contribution in [2.24, 2.45) is 0 Å². The molecule has 0 saturated carbocycles. The molecule has 128 valence electrons. The molecule has 2 aromatic rings. The zero-order valence-electron chi connectivity index (χ0n) is 13.5. The minimum atomic E-state index is -0.374. The first kappa shape index (κ1) is 18.2. The molecule has 0 bridgehead atoms. The fourth-order valence-corrected chi connectivity index (χ4v) is 2.58. The number of hydrogen-bond acceptors (Lipinski definition) is 4. The van der Waals surface area contributed by atoms with Crippen molar-refractivity contribution in [3.63, 3.8) is 0 Å². The van der Waals surface area contributed by atoms with Gasteiger partial charge in [-0.05, 0) is 37.3 Å². The molecule has 0 fully saturated rings. The maximum atomic E-state index is 12.5. The Bertz CT molecular complexity index is 750. The summed E-state index contributed by atoms with van der Waals surface area (Å²) >= 11 is 12.1. The standard InChI is InChI=1S/C17H17Cl2NO4/c1-4-24-14-6-5-11(18)9-13(14)20-17(21)10-7-12(19)16(23-3)15(8-10)22-2/h5-9H,4H2,1-3H3,(H,20,21). The lowest BCUT2D eigenvalue weighted by molar-refractivity contribution is 0.102. The molecule has 2 rings (SSSR count). The molecule has 0 saturated heterocycles. The number of anilines is 1. The topological polar surface area (TPSA) is 56.8 Å². The highest BCUT2D eigenvalue weighted by atomic mass is 35.5. The van der Waals surface area contributed by atoms with Crippen LogP contribution in [0.3, 0.4) is 0 Å². The number of ether oxygens (including phenoxy) is 3. The minimum Gasteiger partial charge on any atom is -0.493 e. The van der Waals surface area contributed by atoms with Gasteiger partial charge >= 0.3 is 0 Å². The smallest absolute Gasteiger partial charge is 0.255 e. The highest BCUT2D eigenvalue weighted by Crippen LogP contribution is 2.36. The molecule has 0 heterocycles. The number of halogens is 2. The lowest BCUT2D eigenvalue weighted by Gasteiger charge is -2.14. The van der Waals surface area contributed by atoms with Crippen LogP contribution in [0.5, 0.6) is 17.2 Å². The van der Waals surface area contributed by atoms with E-state index >= 15 is 0 Å². The third kappa shape index (κ3) is 4.04. The largest absolute Gasteiger partial charge is 0.493 e. The Morgan fingerprint density at radius 1 is 1.08 bits per heavy atom. The van der Waals surface area contributed by atoms with E-state index in [1.807, 2.05) is 6.92 Å². The highest BCUT2D eigenvalue weighted by molar-refractivity contribution is 6.33. The van der Waals surface area contributed by atoms with Crippen LogP contribution in [-0.4, -0.2) is 26.7 Å². The molecule has 24 heavy (non-hydrogen) atoms. The maximum absolute atomic E-state index is 12.5. The van der Waals surface area contributed by atoms with Crippen LogP contribution < -0.4 is 19.5 Å². The average Bonchev–Trinajstić information content (AvgIpc) is 2.56. The monoisotopic (exact) mass is 369 g/mol. The van der Waals surface area contributed by atoms with Gasteiger partial charge in [-0.2, -0.15) is 0 Å². The van der Waals surface area contributed by atoms with Gasteiger partial charge in [0.15, 0.2) is 11.5 Å². The Hall–Kier alpha value is -2.11. The van der Waals surface area contributed by atoms with Crippen LogP contribution in [-0.2, 0) is 0 Å². The Kier molecular flexibility index (Phi) is 6.17. The van der Waals surface area contributed by atoms with E-state index in [-0.39, 0.29) is 10.9 Å². The van der Waals surface area contributed by atoms with Crippen molar-refractivity contribution >= 4 is 34.8 Å². The molecule has 2 aromatic carbocycles. The zero-order chi connectivity index (χ0) is 17.7. The quantitative estimate of drug-likeness (QED) is 0.804. The van der Waals surface area contributed by atoms with Gasteiger partial charge < -0.3 is 19.5 Å². The summed E-state index contributed by atoms with van der Waals surface area (Å²) in [5.41, 5.74) is 0.792. The van der Waals surface area contributed by atoms with E-state index in [4.69, 9.17) is 37.4 Å². The second-order valence-electron chi connectivity index (χ2n) is 4.72. The second-order valence-corrected chi connectivity index (χ2v) is 5.56. The second kappa shape index (κ2) is 8.13. The third-order valence-corrected chi connectivity index (χ3v) is 3.70. The number of carbonyl (C=O) groups excluding carboxylic acids is 1. The molecule has 0 aromatic heterocycles. The molecule has 1 N–H and O–H groups in total. The Morgan fingerprint density at radius 2 is 1.83 bits per heavy atom. The van der Waals surface area contributed by atoms with Crippen LogP contribution in [0, 0.1) is 0 Å². The van der Waals surface area contributed by atoms with Crippen LogP contribution in [0.2, 0.25) is 10.0 Å². The van der Waals surface area contributed by atoms with Crippen molar-refractivity contribution in [2.45, 2.75) is 6.92 Å². The fraction of sp³-hybridized carbons (Fsp3) is 0.235. The van der Waals surface area contributed by atoms with Crippen molar-refractivity contribution in [1.82, 2.24) is 0 Å². The third-order valence-electron chi connectivity index (χ3n) is 3.19. The first-order valence-electron chi connectivity index (χ1n) is 7.15. The van der Waals surface area contributed by atoms with Gasteiger partial charge in [0.05, 0.1) is 31.5 Å². The first-order valence-corrected chi connectivity index (χ1v) is 7.91. The van der Waals surface area contributed by atoms with Crippen LogP contribution in [0.15, 0.2) is 30.3 Å². The Morgan fingerprint density at radius 3 is 2.46 bits per heavy atom. The number of nitrogens with one attached hydrogen (secondary N) is 1. The summed E-state index contributed by atoms with van der Waals surface area (Å²) in [6.45, 7) is 2.32. The van der Waals surface area contributed by atoms with Gasteiger partial charge in [-0.1, -0.05) is 23.2 Å². The van der Waals surface area contributed by atoms with E-state index in [1.165, 1.54) is 20.3 Å². The SMILES string of the molecule is CCOc1ccc(Cl)cc1NC(=O)c1cc(Cl)c(OC)c(OC)c1. The summed E-state index contributed by atoms with van der Waals surface area (Å²) < 4.78 is 15.9. The molecule has 0 aliphatic heterocycles. The van der Waals surface area contributed by atoms with Crippen molar-refractivity contribution in [1.29, 1.82) is 0 Å². The summed E-state index contributed by atoms with van der Waals surface area (Å²) in [6, 6.07) is 8.05. The molecular weight excluding hydrogens is 353 g/mol. The van der Waals surface area contributed by atoms with E-state index in [2.05, 4.69) is 5.32 Å². The van der Waals surface area contributed by atoms with E-state index in [9.17, 15) is 4.79 Å². The first-order chi connectivity index (χ1) is 11.5. The summed E-state index contributed by atoms with van der Waals surface area (Å²) in [6.07, 6.45) is 0. The summed E-state index contributed by atoms with van der Waals surface area (Å²) in [5.74, 6) is 0.891. The van der Waals surface area contributed by atoms with Crippen molar-refractivity contribution in [3.05, 3.63) is 45.9 Å². The summed E-state index contributed by atoms with van der Waals surface area (Å²) in [4.78, 5) is 12.5. The maximum Gasteiger partial charge on any atom is 0.255 e. The average molecular weight is 370 g/mol. The molecule has 0 radical (unpaired) electrons. The van der Waals surface area contributed by atoms with Gasteiger partial charge in [0.2, 0.25) is 0 Å². The fourth-order valence-electron chi connectivity index (χ4n) is 2.12. The molecule has 1 amide bonds. The van der Waals surface area contributed by atoms with Crippen LogP contribution in [0.4, 0.5) is 5.69 Å². The van der Waals surface area contributed by atoms with Crippen LogP contribution >= 0.6 is 23.2 Å². The normalized spacial score (nSPS) is 10.2. The van der Waals surface area contributed by atoms with Crippen LogP contribution in [0.25, 0.3) is 0 Å². The van der Waals surface area contributed by atoms with Crippen LogP contribution in [0.1, 0.15) is 17.3 Å². The van der Waals surface area contributed by atoms with Crippen molar-refractivity contribution in [3.8, 4) is 17.2 Å². The van der Waals surface area contributed by atoms with Gasteiger partial charge in [-0.25, -0.2) is 0 Å². The van der Waals surface area contributed by atoms with E-state index in [0.717, 1.165) is 0 Å². The molecule has 5 nitrogen and oxygen atoms in total. The number of rotatable bonds is 6. The van der Waals surface area contributed by atoms with Crippen molar-refractivity contribution in [2.75, 3.05) is 26.1 Å². The van der Waals surface area contributed by atoms with Gasteiger partial charge in [0.25, 0.3) is 5.91 Å². The summed E-state index contributed by atoms with van der Waals surface area (Å²) in [7, 11) is 2.95. The zero-order valence-corrected chi connectivity index (χ0v) is 15.0. The Labute approximate surface area is 150 Å². The summed E-state index contributed by atoms with van der Waals surface area (Å²) in [5, 5.41) is 3.53. The Balaban J connectivity index is 2.34. The highest BCUT2D eigenvalue weighted by Gasteiger charge is 2.16. The number of carbonyl (C=O) groups is 1. The molecular formula is C17H17Cl2NO4. The molecule has 7 heteroatoms. The van der Waals surface area contributed by atoms with Gasteiger partial charge in [-0.3, -0.25) is 4.79 Å². The lowest BCUT2D eigenvalue weighted by Crippen LogP contribution is -2.13. The minimum absolute atomic E-state index is 0.276. The molecule has 0 aliphatic carbocycles. The predicted molar refractivity (Wildman–Crippen MR) is 95.1 cm³/mol. The molecule has 0 aliphatic rings. The van der Waals surface area contributed by atoms with Gasteiger partial charge in [0.1, 0.15) is 5.75 Å². The van der Waals surface area contributed by atoms with Crippen molar-refractivity contribution < 1.29 is 19.0 Å². The van der Waals surface area contributed by atoms with Gasteiger partial charge in [-0.15, -0.1) is 0 Å². The molecule has 0 spiro atoms. The van der Waals surface area contributed by atoms with E-state index in [1.54, 1.807) is 24.3 Å². The number of amides is 1. The lowest BCUT2D eigenvalue weighted by atomic mass is 10.1. The molecule has 0 atom stereocenters. The molecule has 0 unspecified atom stereocenters. The number of methoxy groups -OCH3 is 2.